The number of morpholine rings is 1. The Morgan fingerprint density at radius 3 is 2.50 bits per heavy atom. The quantitative estimate of drug-likeness (QED) is 0.914. The molecule has 1 amide bonds. The summed E-state index contributed by atoms with van der Waals surface area (Å²) in [6.07, 6.45) is 0.817. The van der Waals surface area contributed by atoms with Crippen LogP contribution < -0.4 is 0 Å². The van der Waals surface area contributed by atoms with Gasteiger partial charge in [-0.15, -0.1) is 0 Å². The van der Waals surface area contributed by atoms with E-state index in [2.05, 4.69) is 19.1 Å². The van der Waals surface area contributed by atoms with E-state index < -0.39 is 5.97 Å². The molecule has 0 bridgehead atoms. The molecule has 1 fully saturated rings. The van der Waals surface area contributed by atoms with Crippen LogP contribution in [0.5, 0.6) is 0 Å². The summed E-state index contributed by atoms with van der Waals surface area (Å²) in [7, 11) is 0. The van der Waals surface area contributed by atoms with Crippen LogP contribution in [-0.4, -0.2) is 41.6 Å². The maximum atomic E-state index is 12.9. The zero-order chi connectivity index (χ0) is 18.7. The van der Waals surface area contributed by atoms with Gasteiger partial charge in [0.25, 0.3) is 5.91 Å². The number of hydrogen-bond acceptors (Lipinski definition) is 3. The number of rotatable bonds is 4. The number of carbonyl (C=O) groups is 2. The molecular formula is C21H23NO4. The topological polar surface area (TPSA) is 66.8 Å². The molecule has 2 aromatic carbocycles. The van der Waals surface area contributed by atoms with E-state index in [0.717, 1.165) is 17.5 Å². The van der Waals surface area contributed by atoms with Gasteiger partial charge in [0.05, 0.1) is 18.7 Å². The SMILES string of the molecule is CCc1ccc(C2CN(C(=O)c3cc(C)cc(C(=O)O)c3)CCO2)cc1. The highest BCUT2D eigenvalue weighted by Crippen LogP contribution is 2.24. The normalized spacial score (nSPS) is 17.2. The first kappa shape index (κ1) is 18.1. The largest absolute Gasteiger partial charge is 0.478 e. The molecule has 5 heteroatoms. The van der Waals surface area contributed by atoms with Crippen molar-refractivity contribution in [2.24, 2.45) is 0 Å². The Bertz CT molecular complexity index is 813. The Labute approximate surface area is 153 Å². The predicted molar refractivity (Wildman–Crippen MR) is 98.6 cm³/mol. The summed E-state index contributed by atoms with van der Waals surface area (Å²) in [5.41, 5.74) is 3.61. The van der Waals surface area contributed by atoms with Gasteiger partial charge in [0.2, 0.25) is 0 Å². The number of hydrogen-bond donors (Lipinski definition) is 1. The molecule has 1 N–H and O–H groups in total. The lowest BCUT2D eigenvalue weighted by molar-refractivity contribution is -0.0228. The average Bonchev–Trinajstić information content (AvgIpc) is 2.67. The number of carboxylic acids is 1. The molecule has 1 heterocycles. The Morgan fingerprint density at radius 2 is 1.85 bits per heavy atom. The molecule has 1 unspecified atom stereocenters. The van der Waals surface area contributed by atoms with Crippen LogP contribution >= 0.6 is 0 Å². The molecule has 0 radical (unpaired) electrons. The number of benzene rings is 2. The predicted octanol–water partition coefficient (Wildman–Crippen LogP) is 3.47. The fourth-order valence-corrected chi connectivity index (χ4v) is 3.22. The van der Waals surface area contributed by atoms with Gasteiger partial charge in [-0.05, 0) is 48.2 Å². The van der Waals surface area contributed by atoms with Gasteiger partial charge in [0, 0.05) is 12.1 Å². The maximum Gasteiger partial charge on any atom is 0.335 e. The molecular weight excluding hydrogens is 330 g/mol. The van der Waals surface area contributed by atoms with Crippen LogP contribution in [0.15, 0.2) is 42.5 Å². The lowest BCUT2D eigenvalue weighted by atomic mass is 10.0. The van der Waals surface area contributed by atoms with Crippen LogP contribution in [-0.2, 0) is 11.2 Å². The lowest BCUT2D eigenvalue weighted by Gasteiger charge is -2.33. The third-order valence-electron chi connectivity index (χ3n) is 4.68. The number of carbonyl (C=O) groups excluding carboxylic acids is 1. The first-order chi connectivity index (χ1) is 12.5. The van der Waals surface area contributed by atoms with Crippen LogP contribution in [0.3, 0.4) is 0 Å². The maximum absolute atomic E-state index is 12.9. The number of aromatic carboxylic acids is 1. The molecule has 0 saturated carbocycles. The first-order valence-electron chi connectivity index (χ1n) is 8.82. The summed E-state index contributed by atoms with van der Waals surface area (Å²) in [6.45, 7) is 5.32. The molecule has 136 valence electrons. The van der Waals surface area contributed by atoms with Crippen molar-refractivity contribution in [3.63, 3.8) is 0 Å². The van der Waals surface area contributed by atoms with Gasteiger partial charge in [0.1, 0.15) is 6.10 Å². The van der Waals surface area contributed by atoms with Crippen LogP contribution in [0, 0.1) is 6.92 Å². The van der Waals surface area contributed by atoms with Gasteiger partial charge in [-0.25, -0.2) is 4.79 Å². The molecule has 1 saturated heterocycles. The highest BCUT2D eigenvalue weighted by molar-refractivity contribution is 5.97. The molecule has 0 aliphatic carbocycles. The third kappa shape index (κ3) is 3.94. The minimum absolute atomic E-state index is 0.133. The smallest absolute Gasteiger partial charge is 0.335 e. The van der Waals surface area contributed by atoms with Crippen molar-refractivity contribution in [3.05, 3.63) is 70.3 Å². The zero-order valence-corrected chi connectivity index (χ0v) is 15.1. The van der Waals surface area contributed by atoms with Crippen molar-refractivity contribution in [2.75, 3.05) is 19.7 Å². The molecule has 1 aliphatic heterocycles. The van der Waals surface area contributed by atoms with Crippen molar-refractivity contribution >= 4 is 11.9 Å². The van der Waals surface area contributed by atoms with Crippen molar-refractivity contribution < 1.29 is 19.4 Å². The van der Waals surface area contributed by atoms with Gasteiger partial charge in [-0.3, -0.25) is 4.79 Å². The van der Waals surface area contributed by atoms with Crippen LogP contribution in [0.1, 0.15) is 50.4 Å². The summed E-state index contributed by atoms with van der Waals surface area (Å²) in [6, 6.07) is 13.0. The Kier molecular flexibility index (Phi) is 5.38. The number of aryl methyl sites for hydroxylation is 2. The molecule has 26 heavy (non-hydrogen) atoms. The van der Waals surface area contributed by atoms with Gasteiger partial charge in [0.15, 0.2) is 0 Å². The third-order valence-corrected chi connectivity index (χ3v) is 4.68. The van der Waals surface area contributed by atoms with E-state index in [9.17, 15) is 14.7 Å². The zero-order valence-electron chi connectivity index (χ0n) is 15.1. The van der Waals surface area contributed by atoms with E-state index in [4.69, 9.17) is 4.74 Å². The van der Waals surface area contributed by atoms with Crippen molar-refractivity contribution in [1.29, 1.82) is 0 Å². The molecule has 1 atom stereocenters. The van der Waals surface area contributed by atoms with Gasteiger partial charge >= 0.3 is 5.97 Å². The summed E-state index contributed by atoms with van der Waals surface area (Å²) in [4.78, 5) is 25.9. The second-order valence-electron chi connectivity index (χ2n) is 6.60. The molecule has 2 aromatic rings. The van der Waals surface area contributed by atoms with Gasteiger partial charge < -0.3 is 14.7 Å². The molecule has 3 rings (SSSR count). The fourth-order valence-electron chi connectivity index (χ4n) is 3.22. The summed E-state index contributed by atoms with van der Waals surface area (Å²) >= 11 is 0. The van der Waals surface area contributed by atoms with Crippen LogP contribution in [0.4, 0.5) is 0 Å². The summed E-state index contributed by atoms with van der Waals surface area (Å²) in [5.74, 6) is -1.19. The standard InChI is InChI=1S/C21H23NO4/c1-3-15-4-6-16(7-5-15)19-13-22(8-9-26-19)20(23)17-10-14(2)11-18(12-17)21(24)25/h4-7,10-12,19H,3,8-9,13H2,1-2H3,(H,24,25). The van der Waals surface area contributed by atoms with E-state index in [1.807, 2.05) is 12.1 Å². The monoisotopic (exact) mass is 353 g/mol. The first-order valence-corrected chi connectivity index (χ1v) is 8.82. The number of carboxylic acid groups (broad SMARTS) is 1. The minimum atomic E-state index is -1.03. The molecule has 0 spiro atoms. The van der Waals surface area contributed by atoms with Gasteiger partial charge in [-0.1, -0.05) is 31.2 Å². The van der Waals surface area contributed by atoms with Crippen LogP contribution in [0.2, 0.25) is 0 Å². The Hall–Kier alpha value is -2.66. The van der Waals surface area contributed by atoms with E-state index in [1.54, 1.807) is 24.0 Å². The summed E-state index contributed by atoms with van der Waals surface area (Å²) < 4.78 is 5.85. The average molecular weight is 353 g/mol. The van der Waals surface area contributed by atoms with E-state index in [0.29, 0.717) is 25.3 Å². The fraction of sp³-hybridized carbons (Fsp3) is 0.333. The van der Waals surface area contributed by atoms with Crippen LogP contribution in [0.25, 0.3) is 0 Å². The van der Waals surface area contributed by atoms with Gasteiger partial charge in [-0.2, -0.15) is 0 Å². The highest BCUT2D eigenvalue weighted by atomic mass is 16.5. The van der Waals surface area contributed by atoms with E-state index in [-0.39, 0.29) is 17.6 Å². The molecule has 0 aromatic heterocycles. The number of ether oxygens (including phenoxy) is 1. The second-order valence-corrected chi connectivity index (χ2v) is 6.60. The van der Waals surface area contributed by atoms with E-state index >= 15 is 0 Å². The van der Waals surface area contributed by atoms with Crippen molar-refractivity contribution in [2.45, 2.75) is 26.4 Å². The minimum Gasteiger partial charge on any atom is -0.478 e. The number of nitrogens with zero attached hydrogens (tertiary/aromatic N) is 1. The summed E-state index contributed by atoms with van der Waals surface area (Å²) in [5, 5.41) is 9.21. The van der Waals surface area contributed by atoms with E-state index in [1.165, 1.54) is 11.6 Å². The molecule has 1 aliphatic rings. The second kappa shape index (κ2) is 7.70. The molecule has 5 nitrogen and oxygen atoms in total. The Balaban J connectivity index is 1.78. The highest BCUT2D eigenvalue weighted by Gasteiger charge is 2.26. The van der Waals surface area contributed by atoms with Crippen molar-refractivity contribution in [1.82, 2.24) is 4.90 Å². The number of amides is 1. The Morgan fingerprint density at radius 1 is 1.15 bits per heavy atom. The van der Waals surface area contributed by atoms with Crippen molar-refractivity contribution in [3.8, 4) is 0 Å². The lowest BCUT2D eigenvalue weighted by Crippen LogP contribution is -2.42.